The van der Waals surface area contributed by atoms with Gasteiger partial charge in [0.05, 0.1) is 0 Å². The maximum atomic E-state index is 13.5. The van der Waals surface area contributed by atoms with Gasteiger partial charge in [0.2, 0.25) is 5.91 Å². The highest BCUT2D eigenvalue weighted by Gasteiger charge is 2.07. The van der Waals surface area contributed by atoms with Crippen LogP contribution in [0.15, 0.2) is 42.5 Å². The predicted octanol–water partition coefficient (Wildman–Crippen LogP) is 3.85. The largest absolute Gasteiger partial charge is 0.326 e. The van der Waals surface area contributed by atoms with Gasteiger partial charge < -0.3 is 10.6 Å². The average molecular weight is 318 g/mol. The van der Waals surface area contributed by atoms with E-state index in [1.165, 1.54) is 6.07 Å². The lowest BCUT2D eigenvalue weighted by Crippen LogP contribution is -2.18. The summed E-state index contributed by atoms with van der Waals surface area (Å²) in [7, 11) is 0. The summed E-state index contributed by atoms with van der Waals surface area (Å²) in [6.45, 7) is 4.37. The maximum Gasteiger partial charge on any atom is 0.226 e. The molecule has 5 heteroatoms. The van der Waals surface area contributed by atoms with E-state index in [-0.39, 0.29) is 23.9 Å². The summed E-state index contributed by atoms with van der Waals surface area (Å²) < 4.78 is 26.6. The lowest BCUT2D eigenvalue weighted by Gasteiger charge is -2.10. The normalized spacial score (nSPS) is 10.8. The van der Waals surface area contributed by atoms with Crippen LogP contribution in [0.2, 0.25) is 0 Å². The van der Waals surface area contributed by atoms with E-state index in [1.807, 2.05) is 38.1 Å². The van der Waals surface area contributed by atoms with Gasteiger partial charge in [0.1, 0.15) is 11.6 Å². The van der Waals surface area contributed by atoms with E-state index in [4.69, 9.17) is 0 Å². The van der Waals surface area contributed by atoms with Gasteiger partial charge in [0, 0.05) is 30.3 Å². The van der Waals surface area contributed by atoms with Crippen LogP contribution in [0.5, 0.6) is 0 Å². The molecule has 0 aliphatic carbocycles. The van der Waals surface area contributed by atoms with Gasteiger partial charge in [-0.1, -0.05) is 26.0 Å². The molecule has 122 valence electrons. The number of anilines is 1. The molecule has 2 N–H and O–H groups in total. The Balaban J connectivity index is 1.93. The number of carbonyl (C=O) groups is 1. The zero-order valence-electron chi connectivity index (χ0n) is 13.2. The molecule has 0 atom stereocenters. The third kappa shape index (κ3) is 5.14. The maximum absolute atomic E-state index is 13.5. The van der Waals surface area contributed by atoms with Crippen molar-refractivity contribution in [3.8, 4) is 0 Å². The zero-order valence-corrected chi connectivity index (χ0v) is 13.2. The number of hydrogen-bond donors (Lipinski definition) is 2. The Bertz CT molecular complexity index is 686. The van der Waals surface area contributed by atoms with Crippen LogP contribution in [0.3, 0.4) is 0 Å². The van der Waals surface area contributed by atoms with Crippen molar-refractivity contribution in [1.29, 1.82) is 0 Å². The van der Waals surface area contributed by atoms with Crippen LogP contribution >= 0.6 is 0 Å². The second-order valence-corrected chi connectivity index (χ2v) is 5.68. The van der Waals surface area contributed by atoms with Gasteiger partial charge in [0.25, 0.3) is 0 Å². The fourth-order valence-corrected chi connectivity index (χ4v) is 2.07. The van der Waals surface area contributed by atoms with Crippen LogP contribution in [0.25, 0.3) is 0 Å². The summed E-state index contributed by atoms with van der Waals surface area (Å²) in [6.07, 6.45) is 0. The molecule has 0 saturated heterocycles. The van der Waals surface area contributed by atoms with Gasteiger partial charge in [-0.3, -0.25) is 4.79 Å². The van der Waals surface area contributed by atoms with Crippen LogP contribution in [0.1, 0.15) is 25.0 Å². The van der Waals surface area contributed by atoms with Gasteiger partial charge in [-0.15, -0.1) is 0 Å². The van der Waals surface area contributed by atoms with Crippen molar-refractivity contribution in [2.75, 3.05) is 5.32 Å². The first-order chi connectivity index (χ1) is 11.0. The molecule has 0 saturated carbocycles. The standard InChI is InChI=1S/C18H20F2N2O/c1-12(2)18(23)22-16-5-3-4-13(8-16)10-21-11-14-9-15(19)6-7-17(14)20/h3-9,12,21H,10-11H2,1-2H3,(H,22,23). The average Bonchev–Trinajstić information content (AvgIpc) is 2.51. The third-order valence-electron chi connectivity index (χ3n) is 3.37. The van der Waals surface area contributed by atoms with E-state index in [2.05, 4.69) is 10.6 Å². The quantitative estimate of drug-likeness (QED) is 0.849. The summed E-state index contributed by atoms with van der Waals surface area (Å²) in [6, 6.07) is 10.8. The topological polar surface area (TPSA) is 41.1 Å². The van der Waals surface area contributed by atoms with E-state index < -0.39 is 11.6 Å². The van der Waals surface area contributed by atoms with E-state index in [0.717, 1.165) is 23.4 Å². The lowest BCUT2D eigenvalue weighted by molar-refractivity contribution is -0.118. The first kappa shape index (κ1) is 17.1. The van der Waals surface area contributed by atoms with Gasteiger partial charge in [-0.05, 0) is 35.9 Å². The Hall–Kier alpha value is -2.27. The summed E-state index contributed by atoms with van der Waals surface area (Å²) >= 11 is 0. The summed E-state index contributed by atoms with van der Waals surface area (Å²) in [5.74, 6) is -1.02. The van der Waals surface area contributed by atoms with Crippen LogP contribution in [-0.2, 0) is 17.9 Å². The SMILES string of the molecule is CC(C)C(=O)Nc1cccc(CNCc2cc(F)ccc2F)c1. The first-order valence-electron chi connectivity index (χ1n) is 7.50. The van der Waals surface area contributed by atoms with Gasteiger partial charge in [-0.25, -0.2) is 8.78 Å². The van der Waals surface area contributed by atoms with Gasteiger partial charge in [0.15, 0.2) is 0 Å². The molecule has 0 heterocycles. The van der Waals surface area contributed by atoms with Crippen molar-refractivity contribution < 1.29 is 13.6 Å². The minimum absolute atomic E-state index is 0.0445. The van der Waals surface area contributed by atoms with E-state index in [0.29, 0.717) is 6.54 Å². The van der Waals surface area contributed by atoms with Crippen molar-refractivity contribution in [3.05, 3.63) is 65.2 Å². The zero-order chi connectivity index (χ0) is 16.8. The first-order valence-corrected chi connectivity index (χ1v) is 7.50. The van der Waals surface area contributed by atoms with Gasteiger partial charge >= 0.3 is 0 Å². The lowest BCUT2D eigenvalue weighted by atomic mass is 10.1. The Morgan fingerprint density at radius 3 is 2.61 bits per heavy atom. The molecular weight excluding hydrogens is 298 g/mol. The summed E-state index contributed by atoms with van der Waals surface area (Å²) in [5, 5.41) is 5.90. The van der Waals surface area contributed by atoms with E-state index >= 15 is 0 Å². The number of carbonyl (C=O) groups excluding carboxylic acids is 1. The van der Waals surface area contributed by atoms with E-state index in [9.17, 15) is 13.6 Å². The molecular formula is C18H20F2N2O. The molecule has 2 rings (SSSR count). The minimum Gasteiger partial charge on any atom is -0.326 e. The number of nitrogens with one attached hydrogen (secondary N) is 2. The number of hydrogen-bond acceptors (Lipinski definition) is 2. The molecule has 0 bridgehead atoms. The van der Waals surface area contributed by atoms with Crippen molar-refractivity contribution in [2.24, 2.45) is 5.92 Å². The summed E-state index contributed by atoms with van der Waals surface area (Å²) in [5.41, 5.74) is 1.96. The smallest absolute Gasteiger partial charge is 0.226 e. The molecule has 0 radical (unpaired) electrons. The monoisotopic (exact) mass is 318 g/mol. The van der Waals surface area contributed by atoms with Crippen LogP contribution in [0.4, 0.5) is 14.5 Å². The summed E-state index contributed by atoms with van der Waals surface area (Å²) in [4.78, 5) is 11.7. The highest BCUT2D eigenvalue weighted by molar-refractivity contribution is 5.92. The molecule has 23 heavy (non-hydrogen) atoms. The second-order valence-electron chi connectivity index (χ2n) is 5.68. The minimum atomic E-state index is -0.457. The van der Waals surface area contributed by atoms with Gasteiger partial charge in [-0.2, -0.15) is 0 Å². The molecule has 0 aromatic heterocycles. The van der Waals surface area contributed by atoms with E-state index in [1.54, 1.807) is 0 Å². The highest BCUT2D eigenvalue weighted by atomic mass is 19.1. The molecule has 2 aromatic rings. The third-order valence-corrected chi connectivity index (χ3v) is 3.37. The number of halogens is 2. The molecule has 3 nitrogen and oxygen atoms in total. The van der Waals surface area contributed by atoms with Crippen molar-refractivity contribution >= 4 is 11.6 Å². The Kier molecular flexibility index (Phi) is 5.82. The molecule has 0 aliphatic rings. The second kappa shape index (κ2) is 7.83. The van der Waals surface area contributed by atoms with Crippen molar-refractivity contribution in [2.45, 2.75) is 26.9 Å². The number of rotatable bonds is 6. The Morgan fingerprint density at radius 1 is 1.09 bits per heavy atom. The number of benzene rings is 2. The molecule has 0 unspecified atom stereocenters. The van der Waals surface area contributed by atoms with Crippen LogP contribution in [0, 0.1) is 17.6 Å². The van der Waals surface area contributed by atoms with Crippen LogP contribution < -0.4 is 10.6 Å². The van der Waals surface area contributed by atoms with Crippen molar-refractivity contribution in [3.63, 3.8) is 0 Å². The van der Waals surface area contributed by atoms with Crippen LogP contribution in [-0.4, -0.2) is 5.91 Å². The Labute approximate surface area is 134 Å². The predicted molar refractivity (Wildman–Crippen MR) is 86.8 cm³/mol. The fourth-order valence-electron chi connectivity index (χ4n) is 2.07. The highest BCUT2D eigenvalue weighted by Crippen LogP contribution is 2.13. The Morgan fingerprint density at radius 2 is 1.87 bits per heavy atom. The molecule has 2 aromatic carbocycles. The fraction of sp³-hybridized carbons (Fsp3) is 0.278. The molecule has 0 spiro atoms. The molecule has 0 fully saturated rings. The molecule has 1 amide bonds. The van der Waals surface area contributed by atoms with Crippen molar-refractivity contribution in [1.82, 2.24) is 5.32 Å². The molecule has 0 aliphatic heterocycles. The number of amides is 1.